The Morgan fingerprint density at radius 2 is 1.06 bits per heavy atom. The van der Waals surface area contributed by atoms with E-state index in [2.05, 4.69) is 122 Å². The quantitative estimate of drug-likeness (QED) is 0.174. The molecule has 2 nitrogen and oxygen atoms in total. The molecule has 4 heteroatoms. The van der Waals surface area contributed by atoms with Gasteiger partial charge in [0.1, 0.15) is 11.6 Å². The van der Waals surface area contributed by atoms with Gasteiger partial charge in [-0.2, -0.15) is 5.26 Å². The van der Waals surface area contributed by atoms with E-state index in [0.29, 0.717) is 11.1 Å². The minimum Gasteiger partial charge on any atom is -0.310 e. The van der Waals surface area contributed by atoms with Gasteiger partial charge in [-0.15, -0.1) is 0 Å². The van der Waals surface area contributed by atoms with Crippen LogP contribution in [0.3, 0.4) is 0 Å². The molecular formula is C46H30F2N2. The maximum atomic E-state index is 14.2. The van der Waals surface area contributed by atoms with Gasteiger partial charge in [-0.25, -0.2) is 8.78 Å². The third-order valence-corrected chi connectivity index (χ3v) is 10.3. The van der Waals surface area contributed by atoms with E-state index >= 15 is 0 Å². The second-order valence-electron chi connectivity index (χ2n) is 13.6. The van der Waals surface area contributed by atoms with Gasteiger partial charge in [-0.1, -0.05) is 74.5 Å². The second kappa shape index (κ2) is 11.1. The Kier molecular flexibility index (Phi) is 6.63. The summed E-state index contributed by atoms with van der Waals surface area (Å²) in [6.07, 6.45) is 0. The number of hydrogen-bond acceptors (Lipinski definition) is 2. The van der Waals surface area contributed by atoms with Gasteiger partial charge in [-0.3, -0.25) is 0 Å². The van der Waals surface area contributed by atoms with Gasteiger partial charge in [0.25, 0.3) is 0 Å². The smallest absolute Gasteiger partial charge is 0.126 e. The van der Waals surface area contributed by atoms with E-state index in [1.54, 1.807) is 0 Å². The molecular weight excluding hydrogens is 619 g/mol. The maximum absolute atomic E-state index is 14.2. The molecule has 0 bridgehead atoms. The first-order valence-electron chi connectivity index (χ1n) is 16.7. The summed E-state index contributed by atoms with van der Waals surface area (Å²) in [5.74, 6) is -1.16. The lowest BCUT2D eigenvalue weighted by molar-refractivity contribution is 0.584. The first-order valence-corrected chi connectivity index (χ1v) is 16.7. The zero-order chi connectivity index (χ0) is 34.1. The fraction of sp³-hybridized carbons (Fsp3) is 0.0652. The van der Waals surface area contributed by atoms with Crippen molar-refractivity contribution in [1.29, 1.82) is 5.26 Å². The number of fused-ring (bicyclic) bond motifs is 1. The lowest BCUT2D eigenvalue weighted by atomic mass is 9.80. The van der Waals surface area contributed by atoms with Gasteiger partial charge >= 0.3 is 0 Å². The first-order chi connectivity index (χ1) is 24.3. The molecule has 0 saturated heterocycles. The van der Waals surface area contributed by atoms with Crippen LogP contribution in [0.5, 0.6) is 0 Å². The Labute approximate surface area is 289 Å². The lowest BCUT2D eigenvalue weighted by Gasteiger charge is -2.27. The van der Waals surface area contributed by atoms with Crippen LogP contribution in [-0.2, 0) is 5.41 Å². The molecule has 0 heterocycles. The SMILES string of the molecule is CC1(C)c2cc(-c3ccc(N(c4ccc(C#N)cc4)c4cccc5ccccc45)cc3)cc3ccc4cc(-c5cc(F)cc(F)c5)cc1c4c23. The molecule has 0 atom stereocenters. The van der Waals surface area contributed by atoms with Crippen LogP contribution in [-0.4, -0.2) is 0 Å². The van der Waals surface area contributed by atoms with Crippen molar-refractivity contribution in [3.63, 3.8) is 0 Å². The minimum atomic E-state index is -0.581. The molecule has 0 unspecified atom stereocenters. The normalized spacial score (nSPS) is 12.9. The second-order valence-corrected chi connectivity index (χ2v) is 13.6. The average molecular weight is 649 g/mol. The van der Waals surface area contributed by atoms with E-state index in [9.17, 15) is 14.0 Å². The van der Waals surface area contributed by atoms with Crippen LogP contribution in [0.2, 0.25) is 0 Å². The Morgan fingerprint density at radius 1 is 0.520 bits per heavy atom. The van der Waals surface area contributed by atoms with Crippen LogP contribution < -0.4 is 4.90 Å². The van der Waals surface area contributed by atoms with Gasteiger partial charge in [-0.05, 0) is 139 Å². The van der Waals surface area contributed by atoms with E-state index in [-0.39, 0.29) is 5.41 Å². The number of benzene rings is 8. The van der Waals surface area contributed by atoms with E-state index in [4.69, 9.17) is 0 Å². The number of hydrogen-bond donors (Lipinski definition) is 0. The van der Waals surface area contributed by atoms with Crippen LogP contribution in [0.15, 0.2) is 146 Å². The highest BCUT2D eigenvalue weighted by Crippen LogP contribution is 2.51. The van der Waals surface area contributed by atoms with E-state index in [0.717, 1.165) is 61.5 Å². The Hall–Kier alpha value is -6.31. The van der Waals surface area contributed by atoms with Crippen molar-refractivity contribution in [3.05, 3.63) is 174 Å². The third-order valence-electron chi connectivity index (χ3n) is 10.3. The summed E-state index contributed by atoms with van der Waals surface area (Å²) in [6, 6.07) is 50.0. The van der Waals surface area contributed by atoms with Crippen molar-refractivity contribution in [1.82, 2.24) is 0 Å². The predicted molar refractivity (Wildman–Crippen MR) is 201 cm³/mol. The summed E-state index contributed by atoms with van der Waals surface area (Å²) in [5, 5.41) is 16.4. The number of nitrogens with zero attached hydrogens (tertiary/aromatic N) is 2. The van der Waals surface area contributed by atoms with Crippen LogP contribution in [0, 0.1) is 23.0 Å². The molecule has 0 saturated carbocycles. The zero-order valence-electron chi connectivity index (χ0n) is 27.5. The average Bonchev–Trinajstić information content (AvgIpc) is 3.37. The highest BCUT2D eigenvalue weighted by atomic mass is 19.1. The molecule has 9 rings (SSSR count). The monoisotopic (exact) mass is 648 g/mol. The molecule has 1 aliphatic rings. The van der Waals surface area contributed by atoms with Gasteiger partial charge in [0, 0.05) is 28.2 Å². The molecule has 0 spiro atoms. The standard InChI is InChI=1S/C46H30F2N2/c1-46(2)41-24-33(20-31-12-13-32-21-34(25-42(46)45(32)44(31)41)35-22-36(47)26-37(48)23-35)29-14-18-39(19-15-29)50(38-16-10-28(27-49)11-17-38)43-9-5-7-30-6-3-4-8-40(30)43/h3-26H,1-2H3. The van der Waals surface area contributed by atoms with Crippen molar-refractivity contribution in [2.75, 3.05) is 4.90 Å². The highest BCUT2D eigenvalue weighted by Gasteiger charge is 2.35. The molecule has 8 aromatic rings. The molecule has 0 fully saturated rings. The fourth-order valence-corrected chi connectivity index (χ4v) is 7.83. The molecule has 1 aliphatic carbocycles. The summed E-state index contributed by atoms with van der Waals surface area (Å²) >= 11 is 0. The Balaban J connectivity index is 1.14. The van der Waals surface area contributed by atoms with Gasteiger partial charge in [0.2, 0.25) is 0 Å². The molecule has 0 aromatic heterocycles. The Bertz CT molecular complexity index is 2680. The van der Waals surface area contributed by atoms with Gasteiger partial charge in [0.15, 0.2) is 0 Å². The predicted octanol–water partition coefficient (Wildman–Crippen LogP) is 12.7. The van der Waals surface area contributed by atoms with Crippen LogP contribution in [0.1, 0.15) is 30.5 Å². The molecule has 8 aromatic carbocycles. The van der Waals surface area contributed by atoms with E-state index in [1.165, 1.54) is 33.9 Å². The zero-order valence-corrected chi connectivity index (χ0v) is 27.5. The summed E-state index contributed by atoms with van der Waals surface area (Å²) in [7, 11) is 0. The van der Waals surface area contributed by atoms with Gasteiger partial charge < -0.3 is 4.90 Å². The lowest BCUT2D eigenvalue weighted by Crippen LogP contribution is -2.15. The van der Waals surface area contributed by atoms with Crippen LogP contribution in [0.25, 0.3) is 54.6 Å². The number of rotatable bonds is 5. The van der Waals surface area contributed by atoms with Crippen molar-refractivity contribution in [2.24, 2.45) is 0 Å². The van der Waals surface area contributed by atoms with Gasteiger partial charge in [0.05, 0.1) is 17.3 Å². The minimum absolute atomic E-state index is 0.321. The van der Waals surface area contributed by atoms with Crippen LogP contribution in [0.4, 0.5) is 25.8 Å². The third kappa shape index (κ3) is 4.66. The van der Waals surface area contributed by atoms with Crippen molar-refractivity contribution >= 4 is 49.4 Å². The summed E-state index contributed by atoms with van der Waals surface area (Å²) in [4.78, 5) is 2.24. The molecule has 0 amide bonds. The maximum Gasteiger partial charge on any atom is 0.126 e. The summed E-state index contributed by atoms with van der Waals surface area (Å²) in [6.45, 7) is 4.47. The van der Waals surface area contributed by atoms with E-state index < -0.39 is 11.6 Å². The molecule has 0 aliphatic heterocycles. The van der Waals surface area contributed by atoms with Crippen molar-refractivity contribution in [3.8, 4) is 28.3 Å². The van der Waals surface area contributed by atoms with Crippen LogP contribution >= 0.6 is 0 Å². The van der Waals surface area contributed by atoms with Crippen molar-refractivity contribution < 1.29 is 8.78 Å². The molecule has 0 N–H and O–H groups in total. The summed E-state index contributed by atoms with van der Waals surface area (Å²) in [5.41, 5.74) is 9.31. The molecule has 0 radical (unpaired) electrons. The topological polar surface area (TPSA) is 27.0 Å². The first kappa shape index (κ1) is 29.8. The summed E-state index contributed by atoms with van der Waals surface area (Å²) < 4.78 is 28.4. The molecule has 50 heavy (non-hydrogen) atoms. The number of halogens is 2. The molecule has 238 valence electrons. The number of anilines is 3. The fourth-order valence-electron chi connectivity index (χ4n) is 7.83. The van der Waals surface area contributed by atoms with E-state index in [1.807, 2.05) is 30.3 Å². The highest BCUT2D eigenvalue weighted by molar-refractivity contribution is 6.16. The Morgan fingerprint density at radius 3 is 1.68 bits per heavy atom. The van der Waals surface area contributed by atoms with Crippen molar-refractivity contribution in [2.45, 2.75) is 19.3 Å². The largest absolute Gasteiger partial charge is 0.310 e. The number of nitriles is 1.